The Bertz CT molecular complexity index is 617. The number of carbonyl (C=O) groups is 1. The molecule has 0 radical (unpaired) electrons. The summed E-state index contributed by atoms with van der Waals surface area (Å²) in [6.07, 6.45) is 0.482. The van der Waals surface area contributed by atoms with E-state index in [4.69, 9.17) is 11.6 Å². The molecule has 2 rings (SSSR count). The highest BCUT2D eigenvalue weighted by molar-refractivity contribution is 9.10. The minimum absolute atomic E-state index is 0.0286. The van der Waals surface area contributed by atoms with Gasteiger partial charge in [0.1, 0.15) is 0 Å². The number of halogens is 2. The topological polar surface area (TPSA) is 54.5 Å². The van der Waals surface area contributed by atoms with Crippen LogP contribution in [-0.4, -0.2) is 43.8 Å². The summed E-state index contributed by atoms with van der Waals surface area (Å²) in [4.78, 5) is 13.8. The van der Waals surface area contributed by atoms with Gasteiger partial charge in [0.05, 0.1) is 22.1 Å². The highest BCUT2D eigenvalue weighted by Gasteiger charge is 2.33. The van der Waals surface area contributed by atoms with Gasteiger partial charge in [0.25, 0.3) is 5.91 Å². The summed E-state index contributed by atoms with van der Waals surface area (Å²) < 4.78 is 23.7. The van der Waals surface area contributed by atoms with Crippen molar-refractivity contribution in [1.29, 1.82) is 0 Å². The van der Waals surface area contributed by atoms with E-state index in [2.05, 4.69) is 15.9 Å². The maximum absolute atomic E-state index is 12.3. The Labute approximate surface area is 125 Å². The number of hydrogen-bond donors (Lipinski definition) is 0. The molecule has 0 N–H and O–H groups in total. The molecule has 4 nitrogen and oxygen atoms in total. The summed E-state index contributed by atoms with van der Waals surface area (Å²) in [5.74, 6) is -0.0871. The van der Waals surface area contributed by atoms with Gasteiger partial charge in [-0.05, 0) is 24.6 Å². The zero-order valence-corrected chi connectivity index (χ0v) is 13.4. The van der Waals surface area contributed by atoms with Crippen LogP contribution in [-0.2, 0) is 9.84 Å². The number of benzene rings is 1. The minimum atomic E-state index is -3.01. The van der Waals surface area contributed by atoms with Crippen LogP contribution in [0.1, 0.15) is 16.8 Å². The zero-order chi connectivity index (χ0) is 14.2. The molecule has 1 heterocycles. The number of amides is 1. The summed E-state index contributed by atoms with van der Waals surface area (Å²) in [6.45, 7) is 0. The van der Waals surface area contributed by atoms with Crippen molar-refractivity contribution in [1.82, 2.24) is 4.90 Å². The van der Waals surface area contributed by atoms with Crippen LogP contribution in [0, 0.1) is 0 Å². The van der Waals surface area contributed by atoms with Crippen LogP contribution in [0.15, 0.2) is 22.7 Å². The molecule has 0 unspecified atom stereocenters. The second-order valence-corrected chi connectivity index (χ2v) is 8.15. The second kappa shape index (κ2) is 5.42. The van der Waals surface area contributed by atoms with Crippen molar-refractivity contribution in [3.8, 4) is 0 Å². The quantitative estimate of drug-likeness (QED) is 0.807. The van der Waals surface area contributed by atoms with Crippen molar-refractivity contribution in [2.45, 2.75) is 12.5 Å². The molecule has 1 amide bonds. The van der Waals surface area contributed by atoms with Gasteiger partial charge < -0.3 is 4.90 Å². The van der Waals surface area contributed by atoms with Crippen LogP contribution in [0.2, 0.25) is 5.02 Å². The molecule has 104 valence electrons. The molecule has 0 aromatic heterocycles. The third-order valence-corrected chi connectivity index (χ3v) is 5.81. The second-order valence-electron chi connectivity index (χ2n) is 4.60. The van der Waals surface area contributed by atoms with E-state index < -0.39 is 9.84 Å². The van der Waals surface area contributed by atoms with Gasteiger partial charge in [-0.15, -0.1) is 0 Å². The molecule has 1 saturated heterocycles. The number of carbonyl (C=O) groups excluding carboxylic acids is 1. The van der Waals surface area contributed by atoms with Crippen molar-refractivity contribution in [3.05, 3.63) is 33.3 Å². The van der Waals surface area contributed by atoms with Gasteiger partial charge in [0.15, 0.2) is 9.84 Å². The molecule has 7 heteroatoms. The number of sulfone groups is 1. The maximum atomic E-state index is 12.3. The van der Waals surface area contributed by atoms with Crippen LogP contribution in [0.4, 0.5) is 0 Å². The number of rotatable bonds is 2. The average molecular weight is 367 g/mol. The maximum Gasteiger partial charge on any atom is 0.255 e. The highest BCUT2D eigenvalue weighted by Crippen LogP contribution is 2.24. The van der Waals surface area contributed by atoms with Gasteiger partial charge in [-0.2, -0.15) is 0 Å². The molecule has 0 aliphatic carbocycles. The normalized spacial score (nSPS) is 21.3. The first kappa shape index (κ1) is 14.8. The number of nitrogens with zero attached hydrogens (tertiary/aromatic N) is 1. The first-order chi connectivity index (χ1) is 8.80. The lowest BCUT2D eigenvalue weighted by molar-refractivity contribution is 0.0748. The van der Waals surface area contributed by atoms with E-state index in [1.807, 2.05) is 0 Å². The van der Waals surface area contributed by atoms with E-state index in [9.17, 15) is 13.2 Å². The Morgan fingerprint density at radius 3 is 2.74 bits per heavy atom. The Morgan fingerprint density at radius 1 is 1.47 bits per heavy atom. The fraction of sp³-hybridized carbons (Fsp3) is 0.417. The zero-order valence-electron chi connectivity index (χ0n) is 10.3. The van der Waals surface area contributed by atoms with E-state index in [0.29, 0.717) is 17.0 Å². The van der Waals surface area contributed by atoms with E-state index in [-0.39, 0.29) is 23.5 Å². The van der Waals surface area contributed by atoms with E-state index >= 15 is 0 Å². The highest BCUT2D eigenvalue weighted by atomic mass is 79.9. The van der Waals surface area contributed by atoms with Gasteiger partial charge in [-0.1, -0.05) is 27.5 Å². The van der Waals surface area contributed by atoms with Crippen molar-refractivity contribution in [2.75, 3.05) is 18.6 Å². The van der Waals surface area contributed by atoms with Gasteiger partial charge >= 0.3 is 0 Å². The summed E-state index contributed by atoms with van der Waals surface area (Å²) in [6, 6.07) is 4.76. The van der Waals surface area contributed by atoms with Gasteiger partial charge in [-0.25, -0.2) is 8.42 Å². The number of hydrogen-bond acceptors (Lipinski definition) is 3. The summed E-state index contributed by atoms with van der Waals surface area (Å²) >= 11 is 9.30. The SMILES string of the molecule is CN(C(=O)c1cc(Br)ccc1Cl)[C@@H]1CCS(=O)(=O)C1. The molecule has 19 heavy (non-hydrogen) atoms. The van der Waals surface area contributed by atoms with Gasteiger partial charge in [-0.3, -0.25) is 4.79 Å². The van der Waals surface area contributed by atoms with E-state index in [1.165, 1.54) is 4.90 Å². The molecule has 1 aliphatic rings. The predicted molar refractivity (Wildman–Crippen MR) is 78.3 cm³/mol. The molecular formula is C12H13BrClNO3S. The lowest BCUT2D eigenvalue weighted by Gasteiger charge is -2.24. The first-order valence-corrected chi connectivity index (χ1v) is 8.72. The van der Waals surface area contributed by atoms with Crippen LogP contribution < -0.4 is 0 Å². The smallest absolute Gasteiger partial charge is 0.255 e. The molecule has 0 saturated carbocycles. The summed E-state index contributed by atoms with van der Waals surface area (Å²) in [7, 11) is -1.39. The van der Waals surface area contributed by atoms with Crippen molar-refractivity contribution < 1.29 is 13.2 Å². The van der Waals surface area contributed by atoms with Crippen LogP contribution in [0.25, 0.3) is 0 Å². The molecular weight excluding hydrogens is 354 g/mol. The standard InChI is InChI=1S/C12H13BrClNO3S/c1-15(9-4-5-19(17,18)7-9)12(16)10-6-8(13)2-3-11(10)14/h2-3,6,9H,4-5,7H2,1H3/t9-/m1/s1. The molecule has 1 fully saturated rings. The minimum Gasteiger partial charge on any atom is -0.338 e. The third-order valence-electron chi connectivity index (χ3n) is 3.24. The molecule has 1 aromatic rings. The summed E-state index contributed by atoms with van der Waals surface area (Å²) in [5, 5.41) is 0.362. The molecule has 1 aromatic carbocycles. The average Bonchev–Trinajstić information content (AvgIpc) is 2.71. The largest absolute Gasteiger partial charge is 0.338 e. The van der Waals surface area contributed by atoms with Crippen LogP contribution in [0.5, 0.6) is 0 Å². The molecule has 0 spiro atoms. The Balaban J connectivity index is 2.22. The van der Waals surface area contributed by atoms with Gasteiger partial charge in [0.2, 0.25) is 0 Å². The summed E-state index contributed by atoms with van der Waals surface area (Å²) in [5.41, 5.74) is 0.378. The fourth-order valence-corrected chi connectivity index (χ4v) is 4.43. The lowest BCUT2D eigenvalue weighted by atomic mass is 10.1. The lowest BCUT2D eigenvalue weighted by Crippen LogP contribution is -2.37. The predicted octanol–water partition coefficient (Wildman–Crippen LogP) is 2.36. The monoisotopic (exact) mass is 365 g/mol. The fourth-order valence-electron chi connectivity index (χ4n) is 2.10. The molecule has 0 bridgehead atoms. The third kappa shape index (κ3) is 3.30. The Hall–Kier alpha value is -0.590. The van der Waals surface area contributed by atoms with Crippen molar-refractivity contribution in [3.63, 3.8) is 0 Å². The Kier molecular flexibility index (Phi) is 4.23. The van der Waals surface area contributed by atoms with Crippen LogP contribution in [0.3, 0.4) is 0 Å². The van der Waals surface area contributed by atoms with Crippen molar-refractivity contribution >= 4 is 43.3 Å². The first-order valence-electron chi connectivity index (χ1n) is 5.73. The van der Waals surface area contributed by atoms with E-state index in [0.717, 1.165) is 4.47 Å². The van der Waals surface area contributed by atoms with E-state index in [1.54, 1.807) is 25.2 Å². The van der Waals surface area contributed by atoms with Crippen molar-refractivity contribution in [2.24, 2.45) is 0 Å². The van der Waals surface area contributed by atoms with Crippen LogP contribution >= 0.6 is 27.5 Å². The molecule has 1 atom stereocenters. The van der Waals surface area contributed by atoms with Gasteiger partial charge in [0, 0.05) is 17.6 Å². The molecule has 1 aliphatic heterocycles. The Morgan fingerprint density at radius 2 is 2.16 bits per heavy atom.